The van der Waals surface area contributed by atoms with E-state index in [1.54, 1.807) is 23.9 Å². The number of halogens is 1. The summed E-state index contributed by atoms with van der Waals surface area (Å²) < 4.78 is 25.8. The highest BCUT2D eigenvalue weighted by Crippen LogP contribution is 2.28. The molecule has 0 aliphatic carbocycles. The Morgan fingerprint density at radius 2 is 1.90 bits per heavy atom. The molecule has 0 saturated carbocycles. The molecule has 0 atom stereocenters. The normalized spacial score (nSPS) is 11.5. The number of nitrogens with zero attached hydrogens (tertiary/aromatic N) is 1. The van der Waals surface area contributed by atoms with E-state index in [9.17, 15) is 13.2 Å². The molecule has 0 fully saturated rings. The molecule has 0 spiro atoms. The Hall–Kier alpha value is -1.70. The van der Waals surface area contributed by atoms with Crippen molar-refractivity contribution in [1.29, 1.82) is 0 Å². The molecular weight excluding hydrogens is 428 g/mol. The molecule has 29 heavy (non-hydrogen) atoms. The Morgan fingerprint density at radius 3 is 2.55 bits per heavy atom. The maximum absolute atomic E-state index is 12.4. The van der Waals surface area contributed by atoms with Gasteiger partial charge in [-0.1, -0.05) is 55.8 Å². The number of anilines is 1. The predicted octanol–water partition coefficient (Wildman–Crippen LogP) is 4.28. The van der Waals surface area contributed by atoms with Crippen molar-refractivity contribution in [2.45, 2.75) is 25.5 Å². The summed E-state index contributed by atoms with van der Waals surface area (Å²) in [6, 6.07) is 15.0. The largest absolute Gasteiger partial charge is 0.354 e. The number of nitrogens with one attached hydrogen (secondary N) is 1. The van der Waals surface area contributed by atoms with Crippen molar-refractivity contribution in [2.24, 2.45) is 0 Å². The number of para-hydroxylation sites is 1. The number of hydrogen-bond acceptors (Lipinski definition) is 4. The first-order valence-corrected chi connectivity index (χ1v) is 12.7. The Kier molecular flexibility index (Phi) is 8.86. The van der Waals surface area contributed by atoms with Gasteiger partial charge in [0.05, 0.1) is 11.9 Å². The van der Waals surface area contributed by atoms with E-state index in [1.807, 2.05) is 50.2 Å². The van der Waals surface area contributed by atoms with Gasteiger partial charge in [-0.05, 0) is 35.2 Å². The summed E-state index contributed by atoms with van der Waals surface area (Å²) in [5.41, 5.74) is 2.57. The number of benzene rings is 2. The van der Waals surface area contributed by atoms with Crippen LogP contribution in [0.2, 0.25) is 5.02 Å². The first-order chi connectivity index (χ1) is 13.7. The lowest BCUT2D eigenvalue weighted by Gasteiger charge is -2.25. The second-order valence-corrected chi connectivity index (χ2v) is 10.5. The van der Waals surface area contributed by atoms with Crippen LogP contribution in [-0.4, -0.2) is 39.4 Å². The Bertz CT molecular complexity index is 933. The van der Waals surface area contributed by atoms with Crippen molar-refractivity contribution in [1.82, 2.24) is 5.32 Å². The molecule has 2 aromatic carbocycles. The lowest BCUT2D eigenvalue weighted by Crippen LogP contribution is -2.41. The van der Waals surface area contributed by atoms with E-state index in [4.69, 9.17) is 11.6 Å². The van der Waals surface area contributed by atoms with Gasteiger partial charge in [0.15, 0.2) is 0 Å². The van der Waals surface area contributed by atoms with Crippen LogP contribution in [-0.2, 0) is 20.6 Å². The van der Waals surface area contributed by atoms with E-state index in [0.717, 1.165) is 28.9 Å². The minimum atomic E-state index is -3.59. The van der Waals surface area contributed by atoms with Gasteiger partial charge in [-0.2, -0.15) is 11.8 Å². The van der Waals surface area contributed by atoms with Gasteiger partial charge in [-0.3, -0.25) is 9.10 Å². The van der Waals surface area contributed by atoms with Crippen LogP contribution in [0.5, 0.6) is 0 Å². The van der Waals surface area contributed by atoms with Gasteiger partial charge >= 0.3 is 0 Å². The molecule has 0 radical (unpaired) electrons. The molecule has 5 nitrogen and oxygen atoms in total. The molecule has 158 valence electrons. The fourth-order valence-electron chi connectivity index (χ4n) is 2.85. The summed E-state index contributed by atoms with van der Waals surface area (Å²) in [4.78, 5) is 12.4. The van der Waals surface area contributed by atoms with E-state index in [1.165, 1.54) is 4.31 Å². The average Bonchev–Trinajstić information content (AvgIpc) is 2.65. The standard InChI is InChI=1S/C21H27ClN2O3S2/c1-16(2)19-9-4-5-10-20(19)24(29(3,26)27)14-21(25)23-11-12-28-15-17-7-6-8-18(22)13-17/h4-10,13,16H,11-12,14-15H2,1-3H3,(H,23,25). The zero-order valence-electron chi connectivity index (χ0n) is 16.9. The van der Waals surface area contributed by atoms with E-state index < -0.39 is 10.0 Å². The number of sulfonamides is 1. The van der Waals surface area contributed by atoms with Gasteiger partial charge in [0.2, 0.25) is 15.9 Å². The number of carbonyl (C=O) groups is 1. The Labute approximate surface area is 182 Å². The number of thioether (sulfide) groups is 1. The monoisotopic (exact) mass is 454 g/mol. The third-order valence-electron chi connectivity index (χ3n) is 4.24. The van der Waals surface area contributed by atoms with Crippen LogP contribution in [0.1, 0.15) is 30.9 Å². The van der Waals surface area contributed by atoms with Gasteiger partial charge in [0.25, 0.3) is 0 Å². The van der Waals surface area contributed by atoms with Crippen LogP contribution >= 0.6 is 23.4 Å². The number of amides is 1. The molecule has 0 aliphatic rings. The van der Waals surface area contributed by atoms with Crippen molar-refractivity contribution < 1.29 is 13.2 Å². The van der Waals surface area contributed by atoms with Crippen molar-refractivity contribution in [3.8, 4) is 0 Å². The maximum Gasteiger partial charge on any atom is 0.240 e. The number of hydrogen-bond donors (Lipinski definition) is 1. The van der Waals surface area contributed by atoms with E-state index in [-0.39, 0.29) is 18.4 Å². The minimum Gasteiger partial charge on any atom is -0.354 e. The Morgan fingerprint density at radius 1 is 1.17 bits per heavy atom. The van der Waals surface area contributed by atoms with Crippen molar-refractivity contribution in [2.75, 3.05) is 29.4 Å². The van der Waals surface area contributed by atoms with Crippen LogP contribution in [0.4, 0.5) is 5.69 Å². The van der Waals surface area contributed by atoms with Gasteiger partial charge in [0, 0.05) is 23.1 Å². The van der Waals surface area contributed by atoms with Crippen LogP contribution in [0, 0.1) is 0 Å². The zero-order chi connectivity index (χ0) is 21.4. The summed E-state index contributed by atoms with van der Waals surface area (Å²) in [6.45, 7) is 4.22. The summed E-state index contributed by atoms with van der Waals surface area (Å²) in [7, 11) is -3.59. The summed E-state index contributed by atoms with van der Waals surface area (Å²) in [5, 5.41) is 3.52. The second-order valence-electron chi connectivity index (χ2n) is 7.02. The van der Waals surface area contributed by atoms with E-state index in [2.05, 4.69) is 5.32 Å². The van der Waals surface area contributed by atoms with Crippen LogP contribution in [0.15, 0.2) is 48.5 Å². The number of rotatable bonds is 10. The molecule has 0 unspecified atom stereocenters. The van der Waals surface area contributed by atoms with Gasteiger partial charge in [-0.15, -0.1) is 0 Å². The highest BCUT2D eigenvalue weighted by Gasteiger charge is 2.23. The van der Waals surface area contributed by atoms with Gasteiger partial charge < -0.3 is 5.32 Å². The predicted molar refractivity (Wildman–Crippen MR) is 123 cm³/mol. The van der Waals surface area contributed by atoms with Crippen LogP contribution < -0.4 is 9.62 Å². The van der Waals surface area contributed by atoms with E-state index >= 15 is 0 Å². The molecule has 8 heteroatoms. The molecule has 0 aromatic heterocycles. The second kappa shape index (κ2) is 10.9. The molecule has 0 aliphatic heterocycles. The summed E-state index contributed by atoms with van der Waals surface area (Å²) >= 11 is 7.65. The van der Waals surface area contributed by atoms with Gasteiger partial charge in [0.1, 0.15) is 6.54 Å². The molecule has 2 aromatic rings. The average molecular weight is 455 g/mol. The van der Waals surface area contributed by atoms with Crippen molar-refractivity contribution >= 4 is 45.0 Å². The SMILES string of the molecule is CC(C)c1ccccc1N(CC(=O)NCCSCc1cccc(Cl)c1)S(C)(=O)=O. The van der Waals surface area contributed by atoms with Gasteiger partial charge in [-0.25, -0.2) is 8.42 Å². The zero-order valence-corrected chi connectivity index (χ0v) is 19.3. The minimum absolute atomic E-state index is 0.140. The van der Waals surface area contributed by atoms with Crippen LogP contribution in [0.25, 0.3) is 0 Å². The lowest BCUT2D eigenvalue weighted by atomic mass is 10.0. The molecular formula is C21H27ClN2O3S2. The van der Waals surface area contributed by atoms with Crippen molar-refractivity contribution in [3.63, 3.8) is 0 Å². The van der Waals surface area contributed by atoms with Crippen molar-refractivity contribution in [3.05, 3.63) is 64.7 Å². The molecule has 0 saturated heterocycles. The van der Waals surface area contributed by atoms with Crippen LogP contribution in [0.3, 0.4) is 0 Å². The third kappa shape index (κ3) is 7.57. The topological polar surface area (TPSA) is 66.5 Å². The molecule has 0 heterocycles. The first-order valence-electron chi connectivity index (χ1n) is 9.34. The molecule has 0 bridgehead atoms. The fraction of sp³-hybridized carbons (Fsp3) is 0.381. The number of carbonyl (C=O) groups excluding carboxylic acids is 1. The highest BCUT2D eigenvalue weighted by atomic mass is 35.5. The molecule has 1 N–H and O–H groups in total. The smallest absolute Gasteiger partial charge is 0.240 e. The Balaban J connectivity index is 1.91. The highest BCUT2D eigenvalue weighted by molar-refractivity contribution is 7.98. The molecule has 1 amide bonds. The summed E-state index contributed by atoms with van der Waals surface area (Å²) in [6.07, 6.45) is 1.12. The quantitative estimate of drug-likeness (QED) is 0.544. The first kappa shape index (κ1) is 23.6. The maximum atomic E-state index is 12.4. The lowest BCUT2D eigenvalue weighted by molar-refractivity contribution is -0.119. The molecule has 2 rings (SSSR count). The van der Waals surface area contributed by atoms with E-state index in [0.29, 0.717) is 17.3 Å². The fourth-order valence-corrected chi connectivity index (χ4v) is 4.74. The summed E-state index contributed by atoms with van der Waals surface area (Å²) in [5.74, 6) is 1.34. The third-order valence-corrected chi connectivity index (χ3v) is 6.63.